The van der Waals surface area contributed by atoms with Gasteiger partial charge in [0, 0.05) is 47.2 Å². The highest BCUT2D eigenvalue weighted by Crippen LogP contribution is 2.38. The normalized spacial score (nSPS) is 15.5. The maximum Gasteiger partial charge on any atom is 0.354 e. The summed E-state index contributed by atoms with van der Waals surface area (Å²) in [6, 6.07) is 16.0. The molecular formula is C32H32ClFN4O2. The number of rotatable bonds is 6. The highest BCUT2D eigenvalue weighted by Gasteiger charge is 2.29. The zero-order valence-corrected chi connectivity index (χ0v) is 23.7. The number of benzene rings is 3. The first-order valence-electron chi connectivity index (χ1n) is 13.6. The summed E-state index contributed by atoms with van der Waals surface area (Å²) in [5.74, 6) is -0.0178. The first-order chi connectivity index (χ1) is 19.3. The molecule has 0 aliphatic carbocycles. The maximum absolute atomic E-state index is 15.0. The fourth-order valence-corrected chi connectivity index (χ4v) is 5.92. The lowest BCUT2D eigenvalue weighted by Gasteiger charge is -2.40. The quantitative estimate of drug-likeness (QED) is 0.265. The van der Waals surface area contributed by atoms with Crippen molar-refractivity contribution in [3.8, 4) is 16.8 Å². The Morgan fingerprint density at radius 2 is 1.77 bits per heavy atom. The number of carbonyl (C=O) groups is 1. The van der Waals surface area contributed by atoms with Crippen molar-refractivity contribution in [3.63, 3.8) is 0 Å². The van der Waals surface area contributed by atoms with Gasteiger partial charge in [-0.3, -0.25) is 9.36 Å². The van der Waals surface area contributed by atoms with E-state index in [1.54, 1.807) is 39.8 Å². The van der Waals surface area contributed by atoms with E-state index in [9.17, 15) is 14.0 Å². The third-order valence-electron chi connectivity index (χ3n) is 7.70. The number of halogens is 2. The van der Waals surface area contributed by atoms with Crippen molar-refractivity contribution in [1.29, 1.82) is 0 Å². The van der Waals surface area contributed by atoms with Crippen LogP contribution in [0.4, 0.5) is 10.2 Å². The topological polar surface area (TPSA) is 58.4 Å². The van der Waals surface area contributed by atoms with Gasteiger partial charge >= 0.3 is 5.69 Å². The van der Waals surface area contributed by atoms with Crippen molar-refractivity contribution in [1.82, 2.24) is 14.5 Å². The standard InChI is InChI=1S/C32H32ClFN4O2/c1-5-21-11-10-12-22(6-2)30(21)38-28-18-24(23-13-8-9-14-27(23)34)26(33)17-25(28)31(35-32(38)40)37-16-15-36(19-20(37)4)29(39)7-3/h7-14,17-18,20H,3,5-6,15-16,19H2,1-2,4H3/t20-/m0/s1. The lowest BCUT2D eigenvalue weighted by atomic mass is 10.00. The Morgan fingerprint density at radius 1 is 1.07 bits per heavy atom. The first-order valence-corrected chi connectivity index (χ1v) is 14.0. The molecule has 1 saturated heterocycles. The van der Waals surface area contributed by atoms with Gasteiger partial charge in [-0.15, -0.1) is 0 Å². The number of aryl methyl sites for hydroxylation is 2. The van der Waals surface area contributed by atoms with Crippen molar-refractivity contribution in [2.45, 2.75) is 39.7 Å². The molecule has 1 fully saturated rings. The molecule has 2 heterocycles. The molecule has 1 aromatic heterocycles. The largest absolute Gasteiger partial charge is 0.354 e. The van der Waals surface area contributed by atoms with Crippen LogP contribution in [0.5, 0.6) is 0 Å². The predicted octanol–water partition coefficient (Wildman–Crippen LogP) is 6.19. The van der Waals surface area contributed by atoms with Gasteiger partial charge < -0.3 is 9.80 Å². The van der Waals surface area contributed by atoms with E-state index in [2.05, 4.69) is 25.4 Å². The minimum absolute atomic E-state index is 0.109. The Bertz CT molecular complexity index is 1660. The minimum atomic E-state index is -0.420. The van der Waals surface area contributed by atoms with Crippen LogP contribution in [0, 0.1) is 5.82 Å². The highest BCUT2D eigenvalue weighted by atomic mass is 35.5. The fraction of sp³-hybridized carbons (Fsp3) is 0.281. The van der Waals surface area contributed by atoms with E-state index in [0.29, 0.717) is 52.5 Å². The lowest BCUT2D eigenvalue weighted by molar-refractivity contribution is -0.126. The number of fused-ring (bicyclic) bond motifs is 1. The number of carbonyl (C=O) groups excluding carboxylic acids is 1. The van der Waals surface area contributed by atoms with E-state index < -0.39 is 11.5 Å². The molecule has 1 aliphatic rings. The van der Waals surface area contributed by atoms with E-state index >= 15 is 0 Å². The molecule has 0 unspecified atom stereocenters. The van der Waals surface area contributed by atoms with Gasteiger partial charge in [0.25, 0.3) is 0 Å². The number of piperazine rings is 1. The van der Waals surface area contributed by atoms with Crippen LogP contribution in [-0.4, -0.2) is 46.0 Å². The lowest BCUT2D eigenvalue weighted by Crippen LogP contribution is -2.54. The predicted molar refractivity (Wildman–Crippen MR) is 160 cm³/mol. The summed E-state index contributed by atoms with van der Waals surface area (Å²) in [5.41, 5.74) is 3.88. The second-order valence-electron chi connectivity index (χ2n) is 10.0. The van der Waals surface area contributed by atoms with E-state index in [4.69, 9.17) is 11.6 Å². The average Bonchev–Trinajstić information content (AvgIpc) is 2.96. The van der Waals surface area contributed by atoms with Crippen LogP contribution in [0.3, 0.4) is 0 Å². The molecule has 0 radical (unpaired) electrons. The monoisotopic (exact) mass is 558 g/mol. The molecule has 206 valence electrons. The molecule has 5 rings (SSSR count). The highest BCUT2D eigenvalue weighted by molar-refractivity contribution is 6.34. The third-order valence-corrected chi connectivity index (χ3v) is 8.01. The molecule has 1 amide bonds. The van der Waals surface area contributed by atoms with Crippen molar-refractivity contribution < 1.29 is 9.18 Å². The Morgan fingerprint density at radius 3 is 2.40 bits per heavy atom. The Balaban J connectivity index is 1.81. The second kappa shape index (κ2) is 11.3. The molecule has 0 bridgehead atoms. The van der Waals surface area contributed by atoms with Gasteiger partial charge in [0.05, 0.1) is 11.2 Å². The molecule has 6 nitrogen and oxygen atoms in total. The van der Waals surface area contributed by atoms with Gasteiger partial charge in [0.2, 0.25) is 5.91 Å². The number of para-hydroxylation sites is 1. The van der Waals surface area contributed by atoms with Gasteiger partial charge in [-0.05, 0) is 55.2 Å². The average molecular weight is 559 g/mol. The van der Waals surface area contributed by atoms with E-state index in [1.165, 1.54) is 12.1 Å². The van der Waals surface area contributed by atoms with Crippen molar-refractivity contribution >= 4 is 34.2 Å². The smallest absolute Gasteiger partial charge is 0.350 e. The zero-order chi connectivity index (χ0) is 28.6. The molecule has 1 atom stereocenters. The number of aromatic nitrogens is 2. The minimum Gasteiger partial charge on any atom is -0.350 e. The molecule has 1 aliphatic heterocycles. The first kappa shape index (κ1) is 27.6. The van der Waals surface area contributed by atoms with E-state index in [-0.39, 0.29) is 11.9 Å². The molecule has 40 heavy (non-hydrogen) atoms. The molecule has 4 aromatic rings. The van der Waals surface area contributed by atoms with Gasteiger partial charge in [0.1, 0.15) is 11.6 Å². The number of nitrogens with zero attached hydrogens (tertiary/aromatic N) is 4. The van der Waals surface area contributed by atoms with Crippen LogP contribution >= 0.6 is 11.6 Å². The molecule has 8 heteroatoms. The summed E-state index contributed by atoms with van der Waals surface area (Å²) in [7, 11) is 0. The van der Waals surface area contributed by atoms with Crippen LogP contribution in [0.15, 0.2) is 72.0 Å². The summed E-state index contributed by atoms with van der Waals surface area (Å²) < 4.78 is 16.6. The van der Waals surface area contributed by atoms with Gasteiger partial charge in [0.15, 0.2) is 0 Å². The summed E-state index contributed by atoms with van der Waals surface area (Å²) in [4.78, 5) is 34.7. The van der Waals surface area contributed by atoms with Crippen LogP contribution in [0.1, 0.15) is 31.9 Å². The Kier molecular flexibility index (Phi) is 7.76. The number of anilines is 1. The molecule has 0 N–H and O–H groups in total. The van der Waals surface area contributed by atoms with Gasteiger partial charge in [-0.1, -0.05) is 68.4 Å². The SMILES string of the molecule is C=CC(=O)N1CCN(c2nc(=O)n(-c3c(CC)cccc3CC)c3cc(-c4ccccc4F)c(Cl)cc23)[C@@H](C)C1. The Labute approximate surface area is 238 Å². The van der Waals surface area contributed by atoms with E-state index in [1.807, 2.05) is 30.0 Å². The van der Waals surface area contributed by atoms with Crippen LogP contribution in [0.25, 0.3) is 27.7 Å². The Hall–Kier alpha value is -3.97. The van der Waals surface area contributed by atoms with Gasteiger partial charge in [-0.2, -0.15) is 4.98 Å². The number of amides is 1. The van der Waals surface area contributed by atoms with Crippen LogP contribution < -0.4 is 10.6 Å². The van der Waals surface area contributed by atoms with Crippen LogP contribution in [-0.2, 0) is 17.6 Å². The number of hydrogen-bond acceptors (Lipinski definition) is 4. The summed E-state index contributed by atoms with van der Waals surface area (Å²) in [5, 5.41) is 1.05. The van der Waals surface area contributed by atoms with Crippen molar-refractivity contribution in [2.24, 2.45) is 0 Å². The van der Waals surface area contributed by atoms with Crippen LogP contribution in [0.2, 0.25) is 5.02 Å². The zero-order valence-electron chi connectivity index (χ0n) is 23.0. The molecule has 0 spiro atoms. The summed E-state index contributed by atoms with van der Waals surface area (Å²) in [6.45, 7) is 11.1. The summed E-state index contributed by atoms with van der Waals surface area (Å²) in [6.07, 6.45) is 2.77. The maximum atomic E-state index is 15.0. The second-order valence-corrected chi connectivity index (χ2v) is 10.5. The van der Waals surface area contributed by atoms with Crippen molar-refractivity contribution in [3.05, 3.63) is 99.7 Å². The third kappa shape index (κ3) is 4.79. The van der Waals surface area contributed by atoms with Crippen molar-refractivity contribution in [2.75, 3.05) is 24.5 Å². The van der Waals surface area contributed by atoms with E-state index in [0.717, 1.165) is 29.7 Å². The fourth-order valence-electron chi connectivity index (χ4n) is 5.65. The summed E-state index contributed by atoms with van der Waals surface area (Å²) >= 11 is 6.83. The molecule has 0 saturated carbocycles. The number of hydrogen-bond donors (Lipinski definition) is 0. The van der Waals surface area contributed by atoms with Gasteiger partial charge in [-0.25, -0.2) is 9.18 Å². The molecular weight excluding hydrogens is 527 g/mol. The molecule has 3 aromatic carbocycles.